The Bertz CT molecular complexity index is 215. The number of hydrogen-bond acceptors (Lipinski definition) is 1. The zero-order chi connectivity index (χ0) is 11.1. The highest BCUT2D eigenvalue weighted by Crippen LogP contribution is 2.10. The number of amides is 1. The lowest BCUT2D eigenvalue weighted by Crippen LogP contribution is -2.38. The zero-order valence-corrected chi connectivity index (χ0v) is 9.63. The van der Waals surface area contributed by atoms with Crippen molar-refractivity contribution in [2.45, 2.75) is 46.6 Å². The van der Waals surface area contributed by atoms with Crippen LogP contribution in [0.25, 0.3) is 0 Å². The first kappa shape index (κ1) is 13.0. The molecule has 2 nitrogen and oxygen atoms in total. The molecule has 0 aliphatic rings. The molecule has 0 saturated carbocycles. The van der Waals surface area contributed by atoms with Crippen molar-refractivity contribution in [3.63, 3.8) is 0 Å². The van der Waals surface area contributed by atoms with Gasteiger partial charge in [0.2, 0.25) is 5.91 Å². The van der Waals surface area contributed by atoms with Crippen molar-refractivity contribution in [3.8, 4) is 12.3 Å². The maximum Gasteiger partial charge on any atom is 0.224 e. The van der Waals surface area contributed by atoms with Crippen LogP contribution in [-0.2, 0) is 4.79 Å². The first-order valence-electron chi connectivity index (χ1n) is 5.29. The predicted octanol–water partition coefficient (Wildman–Crippen LogP) is 2.20. The van der Waals surface area contributed by atoms with E-state index in [-0.39, 0.29) is 17.9 Å². The van der Waals surface area contributed by atoms with Gasteiger partial charge in [-0.05, 0) is 12.3 Å². The van der Waals surface area contributed by atoms with Gasteiger partial charge in [0, 0.05) is 5.92 Å². The molecule has 0 fully saturated rings. The predicted molar refractivity (Wildman–Crippen MR) is 59.7 cm³/mol. The quantitative estimate of drug-likeness (QED) is 0.669. The molecule has 0 heterocycles. The third kappa shape index (κ3) is 4.32. The maximum absolute atomic E-state index is 11.6. The minimum absolute atomic E-state index is 0.0303. The molecule has 1 N–H and O–H groups in total. The molecule has 14 heavy (non-hydrogen) atoms. The maximum atomic E-state index is 11.6. The molecule has 0 bridgehead atoms. The largest absolute Gasteiger partial charge is 0.342 e. The molecule has 2 atom stereocenters. The Kier molecular flexibility index (Phi) is 6.03. The minimum Gasteiger partial charge on any atom is -0.342 e. The van der Waals surface area contributed by atoms with Crippen LogP contribution in [0.15, 0.2) is 0 Å². The third-order valence-electron chi connectivity index (χ3n) is 2.51. The molecule has 2 unspecified atom stereocenters. The van der Waals surface area contributed by atoms with E-state index in [0.29, 0.717) is 5.92 Å². The summed E-state index contributed by atoms with van der Waals surface area (Å²) >= 11 is 0. The molecule has 0 radical (unpaired) electrons. The summed E-state index contributed by atoms with van der Waals surface area (Å²) in [4.78, 5) is 11.6. The fraction of sp³-hybridized carbons (Fsp3) is 0.750. The van der Waals surface area contributed by atoms with Crippen molar-refractivity contribution in [3.05, 3.63) is 0 Å². The Morgan fingerprint density at radius 2 is 2.00 bits per heavy atom. The highest BCUT2D eigenvalue weighted by molar-refractivity contribution is 5.79. The molecule has 0 aliphatic heterocycles. The van der Waals surface area contributed by atoms with Crippen LogP contribution < -0.4 is 5.32 Å². The Morgan fingerprint density at radius 1 is 1.43 bits per heavy atom. The number of carbonyl (C=O) groups excluding carboxylic acids is 1. The van der Waals surface area contributed by atoms with Crippen LogP contribution in [0, 0.1) is 24.2 Å². The molecule has 0 spiro atoms. The first-order valence-corrected chi connectivity index (χ1v) is 5.29. The van der Waals surface area contributed by atoms with Gasteiger partial charge in [-0.2, -0.15) is 0 Å². The van der Waals surface area contributed by atoms with Crippen molar-refractivity contribution in [1.82, 2.24) is 5.32 Å². The smallest absolute Gasteiger partial charge is 0.224 e. The van der Waals surface area contributed by atoms with E-state index in [0.717, 1.165) is 12.8 Å². The molecule has 0 rings (SSSR count). The second kappa shape index (κ2) is 6.48. The highest BCUT2D eigenvalue weighted by Gasteiger charge is 2.18. The number of rotatable bonds is 5. The van der Waals surface area contributed by atoms with Gasteiger partial charge in [-0.3, -0.25) is 4.79 Å². The van der Waals surface area contributed by atoms with Gasteiger partial charge in [0.25, 0.3) is 0 Å². The van der Waals surface area contributed by atoms with E-state index in [4.69, 9.17) is 6.42 Å². The first-order chi connectivity index (χ1) is 6.52. The van der Waals surface area contributed by atoms with E-state index in [1.54, 1.807) is 0 Å². The summed E-state index contributed by atoms with van der Waals surface area (Å²) in [7, 11) is 0. The lowest BCUT2D eigenvalue weighted by molar-refractivity contribution is -0.126. The normalized spacial score (nSPS) is 14.6. The van der Waals surface area contributed by atoms with Gasteiger partial charge in [0.1, 0.15) is 0 Å². The summed E-state index contributed by atoms with van der Waals surface area (Å²) in [5.74, 6) is 3.05. The van der Waals surface area contributed by atoms with Crippen LogP contribution in [0.1, 0.15) is 40.5 Å². The summed E-state index contributed by atoms with van der Waals surface area (Å²) in [5, 5.41) is 2.87. The standard InChI is InChI=1S/C12H21NO/c1-6-8-11(7-2)13-12(14)10(5)9(3)4/h2,9-11H,6,8H2,1,3-5H3,(H,13,14). The Hall–Kier alpha value is -0.970. The van der Waals surface area contributed by atoms with Gasteiger partial charge in [-0.15, -0.1) is 6.42 Å². The van der Waals surface area contributed by atoms with Crippen molar-refractivity contribution in [2.24, 2.45) is 11.8 Å². The van der Waals surface area contributed by atoms with Crippen molar-refractivity contribution in [1.29, 1.82) is 0 Å². The van der Waals surface area contributed by atoms with Gasteiger partial charge in [0.15, 0.2) is 0 Å². The Balaban J connectivity index is 4.10. The van der Waals surface area contributed by atoms with E-state index in [1.807, 2.05) is 20.8 Å². The molecule has 0 aromatic carbocycles. The zero-order valence-electron chi connectivity index (χ0n) is 9.63. The summed E-state index contributed by atoms with van der Waals surface area (Å²) < 4.78 is 0. The van der Waals surface area contributed by atoms with Crippen molar-refractivity contribution in [2.75, 3.05) is 0 Å². The second-order valence-electron chi connectivity index (χ2n) is 4.05. The van der Waals surface area contributed by atoms with Crippen LogP contribution in [0.2, 0.25) is 0 Å². The number of carbonyl (C=O) groups is 1. The molecule has 0 saturated heterocycles. The van der Waals surface area contributed by atoms with Crippen LogP contribution in [0.5, 0.6) is 0 Å². The summed E-state index contributed by atoms with van der Waals surface area (Å²) in [6, 6.07) is -0.103. The van der Waals surface area contributed by atoms with Crippen molar-refractivity contribution < 1.29 is 4.79 Å². The number of nitrogens with one attached hydrogen (secondary N) is 1. The van der Waals surface area contributed by atoms with E-state index < -0.39 is 0 Å². The van der Waals surface area contributed by atoms with Gasteiger partial charge in [-0.25, -0.2) is 0 Å². The van der Waals surface area contributed by atoms with Crippen LogP contribution in [0.3, 0.4) is 0 Å². The minimum atomic E-state index is -0.103. The van der Waals surface area contributed by atoms with Gasteiger partial charge >= 0.3 is 0 Å². The molecule has 1 amide bonds. The number of terminal acetylenes is 1. The lowest BCUT2D eigenvalue weighted by atomic mass is 9.97. The van der Waals surface area contributed by atoms with Crippen molar-refractivity contribution >= 4 is 5.91 Å². The van der Waals surface area contributed by atoms with Gasteiger partial charge in [-0.1, -0.05) is 40.0 Å². The highest BCUT2D eigenvalue weighted by atomic mass is 16.1. The van der Waals surface area contributed by atoms with Gasteiger partial charge in [0.05, 0.1) is 6.04 Å². The van der Waals surface area contributed by atoms with E-state index in [9.17, 15) is 4.79 Å². The SMILES string of the molecule is C#CC(CCC)NC(=O)C(C)C(C)C. The van der Waals surface area contributed by atoms with E-state index in [1.165, 1.54) is 0 Å². The number of hydrogen-bond donors (Lipinski definition) is 1. The average molecular weight is 195 g/mol. The second-order valence-corrected chi connectivity index (χ2v) is 4.05. The van der Waals surface area contributed by atoms with Crippen LogP contribution in [0.4, 0.5) is 0 Å². The fourth-order valence-electron chi connectivity index (χ4n) is 1.09. The molecule has 0 aromatic heterocycles. The molecule has 2 heteroatoms. The Labute approximate surface area is 87.5 Å². The molecular weight excluding hydrogens is 174 g/mol. The van der Waals surface area contributed by atoms with E-state index in [2.05, 4.69) is 18.2 Å². The molecule has 0 aromatic rings. The molecule has 80 valence electrons. The van der Waals surface area contributed by atoms with E-state index >= 15 is 0 Å². The summed E-state index contributed by atoms with van der Waals surface area (Å²) in [6.07, 6.45) is 7.16. The third-order valence-corrected chi connectivity index (χ3v) is 2.51. The summed E-state index contributed by atoms with van der Waals surface area (Å²) in [6.45, 7) is 8.06. The average Bonchev–Trinajstić information content (AvgIpc) is 2.15. The monoisotopic (exact) mass is 195 g/mol. The molecular formula is C12H21NO. The summed E-state index contributed by atoms with van der Waals surface area (Å²) in [5.41, 5.74) is 0. The van der Waals surface area contributed by atoms with Crippen LogP contribution >= 0.6 is 0 Å². The topological polar surface area (TPSA) is 29.1 Å². The molecule has 0 aliphatic carbocycles. The van der Waals surface area contributed by atoms with Gasteiger partial charge < -0.3 is 5.32 Å². The fourth-order valence-corrected chi connectivity index (χ4v) is 1.09. The lowest BCUT2D eigenvalue weighted by Gasteiger charge is -2.18. The van der Waals surface area contributed by atoms with Crippen LogP contribution in [-0.4, -0.2) is 11.9 Å². The Morgan fingerprint density at radius 3 is 2.36 bits per heavy atom.